The predicted octanol–water partition coefficient (Wildman–Crippen LogP) is 3.89. The number of carbonyl (C=O) groups excluding carboxylic acids is 2. The number of primary amides is 1. The van der Waals surface area contributed by atoms with E-state index in [1.165, 1.54) is 11.1 Å². The molecule has 1 aliphatic rings. The standard InChI is InChI=1S/C27H32N4O2/c1-20-4-8-23(9-5-20)24-10-6-22(7-11-24)18-27(26(28)33)14-3-16-30(19-27)25(32)13-17-31-21(2)12-15-29-31/h4-12,15H,3,13-14,16-19H2,1-2H3,(H2,28,33)/t27-/m1/s1. The summed E-state index contributed by atoms with van der Waals surface area (Å²) in [6.45, 7) is 5.63. The van der Waals surface area contributed by atoms with Crippen LogP contribution in [0.15, 0.2) is 60.8 Å². The Bertz CT molecular complexity index is 1120. The molecule has 4 rings (SSSR count). The summed E-state index contributed by atoms with van der Waals surface area (Å²) in [5.41, 5.74) is 10.8. The maximum atomic E-state index is 12.9. The third-order valence-corrected chi connectivity index (χ3v) is 6.80. The van der Waals surface area contributed by atoms with E-state index in [1.54, 1.807) is 6.20 Å². The molecule has 1 saturated heterocycles. The lowest BCUT2D eigenvalue weighted by Gasteiger charge is -2.41. The molecule has 0 saturated carbocycles. The molecule has 3 aromatic rings. The Labute approximate surface area is 195 Å². The number of hydrogen-bond acceptors (Lipinski definition) is 3. The maximum Gasteiger partial charge on any atom is 0.225 e. The molecule has 0 bridgehead atoms. The van der Waals surface area contributed by atoms with Gasteiger partial charge in [0.05, 0.1) is 5.41 Å². The van der Waals surface area contributed by atoms with Crippen LogP contribution in [0.2, 0.25) is 0 Å². The van der Waals surface area contributed by atoms with Crippen molar-refractivity contribution >= 4 is 11.8 Å². The molecule has 33 heavy (non-hydrogen) atoms. The smallest absolute Gasteiger partial charge is 0.225 e. The fourth-order valence-corrected chi connectivity index (χ4v) is 4.72. The summed E-state index contributed by atoms with van der Waals surface area (Å²) < 4.78 is 1.83. The van der Waals surface area contributed by atoms with Crippen molar-refractivity contribution in [1.82, 2.24) is 14.7 Å². The lowest BCUT2D eigenvalue weighted by molar-refractivity contribution is -0.140. The Morgan fingerprint density at radius 2 is 1.67 bits per heavy atom. The number of aryl methyl sites for hydroxylation is 3. The van der Waals surface area contributed by atoms with Crippen LogP contribution in [0.4, 0.5) is 0 Å². The molecule has 1 aromatic heterocycles. The van der Waals surface area contributed by atoms with Gasteiger partial charge < -0.3 is 10.6 Å². The Morgan fingerprint density at radius 1 is 1.00 bits per heavy atom. The predicted molar refractivity (Wildman–Crippen MR) is 129 cm³/mol. The van der Waals surface area contributed by atoms with Gasteiger partial charge in [-0.2, -0.15) is 5.10 Å². The molecule has 1 aliphatic heterocycles. The third-order valence-electron chi connectivity index (χ3n) is 6.80. The van der Waals surface area contributed by atoms with E-state index >= 15 is 0 Å². The number of carbonyl (C=O) groups is 2. The van der Waals surface area contributed by atoms with Gasteiger partial charge in [-0.3, -0.25) is 14.3 Å². The molecular formula is C27H32N4O2. The van der Waals surface area contributed by atoms with Crippen LogP contribution < -0.4 is 5.73 Å². The zero-order valence-corrected chi connectivity index (χ0v) is 19.5. The fraction of sp³-hybridized carbons (Fsp3) is 0.370. The first-order chi connectivity index (χ1) is 15.9. The van der Waals surface area contributed by atoms with Crippen molar-refractivity contribution in [1.29, 1.82) is 0 Å². The van der Waals surface area contributed by atoms with Crippen LogP contribution in [-0.2, 0) is 22.6 Å². The summed E-state index contributed by atoms with van der Waals surface area (Å²) in [6.07, 6.45) is 4.12. The summed E-state index contributed by atoms with van der Waals surface area (Å²) in [6, 6.07) is 18.7. The molecule has 0 spiro atoms. The second-order valence-electron chi connectivity index (χ2n) is 9.25. The number of benzene rings is 2. The molecule has 6 heteroatoms. The maximum absolute atomic E-state index is 12.9. The van der Waals surface area contributed by atoms with Crippen molar-refractivity contribution in [3.8, 4) is 11.1 Å². The average molecular weight is 445 g/mol. The van der Waals surface area contributed by atoms with Crippen LogP contribution in [0, 0.1) is 19.3 Å². The Morgan fingerprint density at radius 3 is 2.27 bits per heavy atom. The molecule has 0 unspecified atom stereocenters. The number of likely N-dealkylation sites (tertiary alicyclic amines) is 1. The van der Waals surface area contributed by atoms with Gasteiger partial charge in [-0.05, 0) is 55.9 Å². The molecule has 6 nitrogen and oxygen atoms in total. The molecule has 2 heterocycles. The molecule has 172 valence electrons. The van der Waals surface area contributed by atoms with E-state index in [-0.39, 0.29) is 11.8 Å². The number of piperidine rings is 1. The number of rotatable bonds is 7. The van der Waals surface area contributed by atoms with E-state index < -0.39 is 5.41 Å². The van der Waals surface area contributed by atoms with Crippen LogP contribution in [0.25, 0.3) is 11.1 Å². The van der Waals surface area contributed by atoms with Crippen LogP contribution in [-0.4, -0.2) is 39.6 Å². The minimum Gasteiger partial charge on any atom is -0.369 e. The summed E-state index contributed by atoms with van der Waals surface area (Å²) >= 11 is 0. The molecule has 0 aliphatic carbocycles. The van der Waals surface area contributed by atoms with Gasteiger partial charge in [0.1, 0.15) is 0 Å². The second kappa shape index (κ2) is 9.61. The molecule has 2 N–H and O–H groups in total. The van der Waals surface area contributed by atoms with Crippen molar-refractivity contribution in [3.63, 3.8) is 0 Å². The normalized spacial score (nSPS) is 18.3. The molecule has 2 amide bonds. The number of aromatic nitrogens is 2. The molecule has 0 radical (unpaired) electrons. The third kappa shape index (κ3) is 5.16. The zero-order valence-electron chi connectivity index (χ0n) is 19.5. The minimum absolute atomic E-state index is 0.0462. The highest BCUT2D eigenvalue weighted by Crippen LogP contribution is 2.34. The highest BCUT2D eigenvalue weighted by molar-refractivity contribution is 5.83. The summed E-state index contributed by atoms with van der Waals surface area (Å²) in [5.74, 6) is -0.282. The van der Waals surface area contributed by atoms with Crippen LogP contribution in [0.5, 0.6) is 0 Å². The Hall–Kier alpha value is -3.41. The quantitative estimate of drug-likeness (QED) is 0.600. The fourth-order valence-electron chi connectivity index (χ4n) is 4.72. The second-order valence-corrected chi connectivity index (χ2v) is 9.25. The first-order valence-corrected chi connectivity index (χ1v) is 11.6. The van der Waals surface area contributed by atoms with Gasteiger partial charge in [-0.1, -0.05) is 54.1 Å². The van der Waals surface area contributed by atoms with Crippen molar-refractivity contribution in [2.75, 3.05) is 13.1 Å². The first-order valence-electron chi connectivity index (χ1n) is 11.6. The summed E-state index contributed by atoms with van der Waals surface area (Å²) in [7, 11) is 0. The van der Waals surface area contributed by atoms with Gasteiger partial charge in [0, 0.05) is 37.9 Å². The Balaban J connectivity index is 1.45. The van der Waals surface area contributed by atoms with Gasteiger partial charge in [-0.25, -0.2) is 0 Å². The lowest BCUT2D eigenvalue weighted by atomic mass is 9.74. The van der Waals surface area contributed by atoms with E-state index in [2.05, 4.69) is 60.6 Å². The average Bonchev–Trinajstić information content (AvgIpc) is 3.23. The van der Waals surface area contributed by atoms with Gasteiger partial charge in [0.2, 0.25) is 11.8 Å². The van der Waals surface area contributed by atoms with Crippen LogP contribution >= 0.6 is 0 Å². The van der Waals surface area contributed by atoms with Gasteiger partial charge in [0.15, 0.2) is 0 Å². The van der Waals surface area contributed by atoms with E-state index in [0.717, 1.165) is 23.2 Å². The van der Waals surface area contributed by atoms with Gasteiger partial charge in [0.25, 0.3) is 0 Å². The minimum atomic E-state index is -0.735. The zero-order chi connectivity index (χ0) is 23.4. The largest absolute Gasteiger partial charge is 0.369 e. The molecular weight excluding hydrogens is 412 g/mol. The molecule has 2 aromatic carbocycles. The van der Waals surface area contributed by atoms with Crippen molar-refractivity contribution in [3.05, 3.63) is 77.6 Å². The summed E-state index contributed by atoms with van der Waals surface area (Å²) in [5, 5.41) is 4.25. The number of amides is 2. The van der Waals surface area contributed by atoms with Crippen molar-refractivity contribution < 1.29 is 9.59 Å². The monoisotopic (exact) mass is 444 g/mol. The number of nitrogens with zero attached hydrogens (tertiary/aromatic N) is 3. The Kier molecular flexibility index (Phi) is 6.63. The topological polar surface area (TPSA) is 81.2 Å². The SMILES string of the molecule is Cc1ccc(-c2ccc(C[C@]3(C(N)=O)CCCN(C(=O)CCn4nccc4C)C3)cc2)cc1. The van der Waals surface area contributed by atoms with Gasteiger partial charge >= 0.3 is 0 Å². The summed E-state index contributed by atoms with van der Waals surface area (Å²) in [4.78, 5) is 27.4. The molecule has 1 atom stereocenters. The van der Waals surface area contributed by atoms with Crippen LogP contribution in [0.1, 0.15) is 36.1 Å². The van der Waals surface area contributed by atoms with Crippen molar-refractivity contribution in [2.24, 2.45) is 11.1 Å². The highest BCUT2D eigenvalue weighted by Gasteiger charge is 2.42. The van der Waals surface area contributed by atoms with E-state index in [1.807, 2.05) is 22.6 Å². The van der Waals surface area contributed by atoms with E-state index in [4.69, 9.17) is 5.73 Å². The van der Waals surface area contributed by atoms with Crippen molar-refractivity contribution in [2.45, 2.75) is 46.1 Å². The van der Waals surface area contributed by atoms with E-state index in [9.17, 15) is 9.59 Å². The van der Waals surface area contributed by atoms with E-state index in [0.29, 0.717) is 38.9 Å². The number of nitrogens with two attached hydrogens (primary N) is 1. The first kappa shape index (κ1) is 22.8. The van der Waals surface area contributed by atoms with Crippen LogP contribution in [0.3, 0.4) is 0 Å². The highest BCUT2D eigenvalue weighted by atomic mass is 16.2. The number of hydrogen-bond donors (Lipinski definition) is 1. The molecule has 1 fully saturated rings. The van der Waals surface area contributed by atoms with Gasteiger partial charge in [-0.15, -0.1) is 0 Å². The lowest BCUT2D eigenvalue weighted by Crippen LogP contribution is -2.53.